The Morgan fingerprint density at radius 1 is 1.14 bits per heavy atom. The van der Waals surface area contributed by atoms with E-state index in [9.17, 15) is 27.5 Å². The summed E-state index contributed by atoms with van der Waals surface area (Å²) in [6.45, 7) is 3.58. The lowest BCUT2D eigenvalue weighted by atomic mass is 10.1. The monoisotopic (exact) mass is 423 g/mol. The molecule has 29 heavy (non-hydrogen) atoms. The van der Waals surface area contributed by atoms with Crippen molar-refractivity contribution in [2.45, 2.75) is 37.6 Å². The first-order valence-electron chi connectivity index (χ1n) is 8.67. The van der Waals surface area contributed by atoms with Gasteiger partial charge in [-0.1, -0.05) is 6.07 Å². The van der Waals surface area contributed by atoms with Crippen molar-refractivity contribution >= 4 is 27.5 Å². The zero-order valence-electron chi connectivity index (χ0n) is 15.9. The van der Waals surface area contributed by atoms with Crippen molar-refractivity contribution in [2.75, 3.05) is 5.32 Å². The van der Waals surface area contributed by atoms with Gasteiger partial charge < -0.3 is 16.2 Å². The number of phenolic OH excluding ortho intramolecular Hbond substituents is 1. The summed E-state index contributed by atoms with van der Waals surface area (Å²) in [5, 5.41) is 12.0. The number of aryl methyl sites for hydroxylation is 2. The van der Waals surface area contributed by atoms with Gasteiger partial charge >= 0.3 is 0 Å². The number of rotatable bonds is 8. The number of carbonyl (C=O) groups is 2. The number of primary amides is 1. The summed E-state index contributed by atoms with van der Waals surface area (Å²) < 4.78 is 41.0. The Hall–Kier alpha value is -2.98. The number of phenols is 1. The number of hydrogen-bond acceptors (Lipinski definition) is 5. The van der Waals surface area contributed by atoms with Gasteiger partial charge in [0.05, 0.1) is 10.6 Å². The highest BCUT2D eigenvalue weighted by atomic mass is 32.2. The molecule has 0 aliphatic rings. The molecule has 2 aromatic rings. The van der Waals surface area contributed by atoms with Crippen LogP contribution in [0.15, 0.2) is 41.3 Å². The molecule has 0 spiro atoms. The van der Waals surface area contributed by atoms with Crippen molar-refractivity contribution in [1.29, 1.82) is 0 Å². The third-order valence-electron chi connectivity index (χ3n) is 4.30. The minimum atomic E-state index is -4.10. The van der Waals surface area contributed by atoms with Crippen LogP contribution in [-0.4, -0.2) is 31.4 Å². The van der Waals surface area contributed by atoms with Crippen molar-refractivity contribution in [1.82, 2.24) is 4.72 Å². The first kappa shape index (κ1) is 22.3. The number of aromatic hydroxyl groups is 1. The molecule has 2 aromatic carbocycles. The summed E-state index contributed by atoms with van der Waals surface area (Å²) in [5.74, 6) is -2.70. The van der Waals surface area contributed by atoms with Crippen LogP contribution in [0.1, 0.15) is 24.0 Å². The minimum Gasteiger partial charge on any atom is -0.506 e. The highest BCUT2D eigenvalue weighted by molar-refractivity contribution is 7.89. The van der Waals surface area contributed by atoms with E-state index < -0.39 is 39.4 Å². The average Bonchev–Trinajstić information content (AvgIpc) is 2.63. The van der Waals surface area contributed by atoms with Crippen LogP contribution >= 0.6 is 0 Å². The first-order valence-corrected chi connectivity index (χ1v) is 10.1. The van der Waals surface area contributed by atoms with Crippen LogP contribution in [0.25, 0.3) is 0 Å². The molecule has 2 rings (SSSR count). The molecule has 0 saturated heterocycles. The molecule has 0 bridgehead atoms. The number of carbonyl (C=O) groups excluding carboxylic acids is 2. The van der Waals surface area contributed by atoms with Crippen molar-refractivity contribution in [3.63, 3.8) is 0 Å². The van der Waals surface area contributed by atoms with Crippen LogP contribution in [0.3, 0.4) is 0 Å². The zero-order chi connectivity index (χ0) is 21.8. The van der Waals surface area contributed by atoms with Crippen LogP contribution in [0.4, 0.5) is 10.1 Å². The first-order chi connectivity index (χ1) is 13.5. The fraction of sp³-hybridized carbons (Fsp3) is 0.263. The van der Waals surface area contributed by atoms with E-state index in [-0.39, 0.29) is 23.4 Å². The predicted molar refractivity (Wildman–Crippen MR) is 105 cm³/mol. The Labute approximate surface area is 168 Å². The van der Waals surface area contributed by atoms with E-state index in [2.05, 4.69) is 10.0 Å². The highest BCUT2D eigenvalue weighted by Crippen LogP contribution is 2.24. The molecular weight excluding hydrogens is 401 g/mol. The van der Waals surface area contributed by atoms with Crippen molar-refractivity contribution in [3.8, 4) is 5.75 Å². The minimum absolute atomic E-state index is 0.0499. The largest absolute Gasteiger partial charge is 0.506 e. The van der Waals surface area contributed by atoms with Crippen LogP contribution < -0.4 is 15.8 Å². The Balaban J connectivity index is 2.28. The summed E-state index contributed by atoms with van der Waals surface area (Å²) in [6, 6.07) is 6.03. The summed E-state index contributed by atoms with van der Waals surface area (Å²) in [6.07, 6.45) is -0.482. The number of halogens is 1. The average molecular weight is 423 g/mol. The number of benzene rings is 2. The smallest absolute Gasteiger partial charge is 0.242 e. The van der Waals surface area contributed by atoms with Crippen LogP contribution in [0.5, 0.6) is 5.75 Å². The number of nitrogens with one attached hydrogen (secondary N) is 2. The van der Waals surface area contributed by atoms with Gasteiger partial charge in [0.15, 0.2) is 0 Å². The van der Waals surface area contributed by atoms with Crippen LogP contribution in [0, 0.1) is 19.7 Å². The van der Waals surface area contributed by atoms with Gasteiger partial charge in [-0.2, -0.15) is 4.72 Å². The second-order valence-corrected chi connectivity index (χ2v) is 8.29. The molecule has 1 atom stereocenters. The maximum Gasteiger partial charge on any atom is 0.242 e. The fourth-order valence-corrected chi connectivity index (χ4v) is 3.81. The summed E-state index contributed by atoms with van der Waals surface area (Å²) in [5.41, 5.74) is 6.52. The van der Waals surface area contributed by atoms with Gasteiger partial charge in [-0.05, 0) is 55.7 Å². The summed E-state index contributed by atoms with van der Waals surface area (Å²) >= 11 is 0. The third kappa shape index (κ3) is 6.00. The molecule has 1 unspecified atom stereocenters. The van der Waals surface area contributed by atoms with E-state index in [0.717, 1.165) is 29.3 Å². The van der Waals surface area contributed by atoms with Gasteiger partial charge in [-0.25, -0.2) is 12.8 Å². The fourth-order valence-electron chi connectivity index (χ4n) is 2.49. The van der Waals surface area contributed by atoms with Crippen molar-refractivity contribution in [3.05, 3.63) is 53.3 Å². The van der Waals surface area contributed by atoms with Gasteiger partial charge in [-0.3, -0.25) is 9.59 Å². The quantitative estimate of drug-likeness (QED) is 0.479. The standard InChI is InChI=1S/C19H22FN3O5S/c1-11-3-5-14(9-12(11)2)29(27,28)23-15(6-8-18(21)25)19(26)22-16-10-13(20)4-7-17(16)24/h3-5,7,9-10,15,23-24H,6,8H2,1-2H3,(H2,21,25)(H,22,26). The van der Waals surface area contributed by atoms with E-state index in [1.54, 1.807) is 13.0 Å². The lowest BCUT2D eigenvalue weighted by Crippen LogP contribution is -2.44. The molecule has 0 aliphatic carbocycles. The molecule has 0 aliphatic heterocycles. The van der Waals surface area contributed by atoms with Gasteiger partial charge in [0.25, 0.3) is 0 Å². The maximum absolute atomic E-state index is 13.4. The van der Waals surface area contributed by atoms with E-state index in [1.807, 2.05) is 6.92 Å². The Morgan fingerprint density at radius 3 is 2.45 bits per heavy atom. The van der Waals surface area contributed by atoms with Gasteiger partial charge in [0.2, 0.25) is 21.8 Å². The second kappa shape index (κ2) is 9.01. The van der Waals surface area contributed by atoms with Crippen molar-refractivity contribution in [2.24, 2.45) is 5.73 Å². The predicted octanol–water partition coefficient (Wildman–Crippen LogP) is 1.70. The highest BCUT2D eigenvalue weighted by Gasteiger charge is 2.27. The maximum atomic E-state index is 13.4. The molecule has 0 aromatic heterocycles. The lowest BCUT2D eigenvalue weighted by Gasteiger charge is -2.19. The number of anilines is 1. The Kier molecular flexibility index (Phi) is 6.93. The second-order valence-electron chi connectivity index (χ2n) is 6.58. The molecule has 0 saturated carbocycles. The van der Waals surface area contributed by atoms with Crippen LogP contribution in [0.2, 0.25) is 0 Å². The number of nitrogens with two attached hydrogens (primary N) is 1. The molecule has 8 nitrogen and oxygen atoms in total. The van der Waals surface area contributed by atoms with E-state index in [0.29, 0.717) is 0 Å². The Bertz CT molecular complexity index is 1040. The Morgan fingerprint density at radius 2 is 1.83 bits per heavy atom. The van der Waals surface area contributed by atoms with Crippen molar-refractivity contribution < 1.29 is 27.5 Å². The van der Waals surface area contributed by atoms with E-state index in [4.69, 9.17) is 5.73 Å². The molecule has 156 valence electrons. The zero-order valence-corrected chi connectivity index (χ0v) is 16.7. The van der Waals surface area contributed by atoms with Gasteiger partial charge in [0, 0.05) is 12.5 Å². The molecular formula is C19H22FN3O5S. The molecule has 0 fully saturated rings. The van der Waals surface area contributed by atoms with Crippen LogP contribution in [-0.2, 0) is 19.6 Å². The van der Waals surface area contributed by atoms with E-state index in [1.165, 1.54) is 12.1 Å². The lowest BCUT2D eigenvalue weighted by molar-refractivity contribution is -0.119. The van der Waals surface area contributed by atoms with E-state index >= 15 is 0 Å². The molecule has 2 amide bonds. The third-order valence-corrected chi connectivity index (χ3v) is 5.77. The summed E-state index contributed by atoms with van der Waals surface area (Å²) in [7, 11) is -4.10. The number of amides is 2. The molecule has 5 N–H and O–H groups in total. The molecule has 0 radical (unpaired) electrons. The topological polar surface area (TPSA) is 139 Å². The normalized spacial score (nSPS) is 12.4. The molecule has 10 heteroatoms. The van der Waals surface area contributed by atoms with Gasteiger partial charge in [-0.15, -0.1) is 0 Å². The number of sulfonamides is 1. The SMILES string of the molecule is Cc1ccc(S(=O)(=O)NC(CCC(N)=O)C(=O)Nc2cc(F)ccc2O)cc1C. The summed E-state index contributed by atoms with van der Waals surface area (Å²) in [4.78, 5) is 23.7. The molecule has 0 heterocycles. The van der Waals surface area contributed by atoms with Gasteiger partial charge in [0.1, 0.15) is 17.6 Å². The number of hydrogen-bond donors (Lipinski definition) is 4.